The molecule has 0 saturated carbocycles. The van der Waals surface area contributed by atoms with Crippen molar-refractivity contribution in [3.8, 4) is 11.5 Å². The van der Waals surface area contributed by atoms with Gasteiger partial charge in [-0.1, -0.05) is 6.07 Å². The van der Waals surface area contributed by atoms with Gasteiger partial charge in [-0.3, -0.25) is 4.79 Å². The summed E-state index contributed by atoms with van der Waals surface area (Å²) in [6.07, 6.45) is 1.92. The Bertz CT molecular complexity index is 978. The van der Waals surface area contributed by atoms with Crippen molar-refractivity contribution in [3.05, 3.63) is 48.0 Å². The van der Waals surface area contributed by atoms with Crippen LogP contribution in [0.1, 0.15) is 32.4 Å². The molecule has 0 saturated heterocycles. The Morgan fingerprint density at radius 1 is 1.06 bits per heavy atom. The quantitative estimate of drug-likeness (QED) is 0.508. The predicted molar refractivity (Wildman–Crippen MR) is 123 cm³/mol. The molecule has 0 radical (unpaired) electrons. The number of nitrogens with zero attached hydrogens (tertiary/aromatic N) is 1. The summed E-state index contributed by atoms with van der Waals surface area (Å²) in [4.78, 5) is 13.6. The molecule has 1 N–H and O–H groups in total. The fourth-order valence-corrected chi connectivity index (χ4v) is 4.46. The van der Waals surface area contributed by atoms with Crippen LogP contribution in [0.5, 0.6) is 11.5 Å². The van der Waals surface area contributed by atoms with E-state index in [1.54, 1.807) is 30.3 Å². The second-order valence-corrected chi connectivity index (χ2v) is 9.72. The van der Waals surface area contributed by atoms with Crippen molar-refractivity contribution in [2.24, 2.45) is 0 Å². The number of amides is 1. The lowest BCUT2D eigenvalue weighted by Crippen LogP contribution is -2.39. The van der Waals surface area contributed by atoms with Gasteiger partial charge in [0.15, 0.2) is 11.5 Å². The van der Waals surface area contributed by atoms with Crippen LogP contribution in [0, 0.1) is 0 Å². The van der Waals surface area contributed by atoms with E-state index in [0.29, 0.717) is 24.7 Å². The Labute approximate surface area is 189 Å². The Morgan fingerprint density at radius 2 is 1.68 bits per heavy atom. The molecule has 0 fully saturated rings. The van der Waals surface area contributed by atoms with E-state index in [9.17, 15) is 13.2 Å². The molecule has 0 aromatic heterocycles. The van der Waals surface area contributed by atoms with Crippen LogP contribution in [0.3, 0.4) is 0 Å². The molecular formula is C22H30N2O5S2. The summed E-state index contributed by atoms with van der Waals surface area (Å²) in [6, 6.07) is 11.7. The number of ether oxygens (including phenoxy) is 2. The fourth-order valence-electron chi connectivity index (χ4n) is 2.92. The van der Waals surface area contributed by atoms with Gasteiger partial charge in [0.25, 0.3) is 0 Å². The Balaban J connectivity index is 2.06. The van der Waals surface area contributed by atoms with Gasteiger partial charge in [0.05, 0.1) is 30.7 Å². The first-order valence-electron chi connectivity index (χ1n) is 10.0. The number of sulfonamides is 1. The number of carbonyl (C=O) groups excluding carboxylic acids is 1. The van der Waals surface area contributed by atoms with Crippen LogP contribution < -0.4 is 14.8 Å². The zero-order chi connectivity index (χ0) is 23.0. The van der Waals surface area contributed by atoms with E-state index < -0.39 is 15.9 Å². The van der Waals surface area contributed by atoms with Gasteiger partial charge in [0, 0.05) is 11.9 Å². The van der Waals surface area contributed by atoms with Gasteiger partial charge >= 0.3 is 0 Å². The number of thioether (sulfide) groups is 1. The number of nitrogens with one attached hydrogen (secondary N) is 1. The second kappa shape index (κ2) is 11.4. The summed E-state index contributed by atoms with van der Waals surface area (Å²) in [5.41, 5.74) is 0.832. The SMILES string of the molecule is CCOc1ccc(C(C)NC(=O)CN(C)S(=O)(=O)c2ccc(SC)cc2)cc1OCC. The Hall–Kier alpha value is -2.23. The number of carbonyl (C=O) groups is 1. The fraction of sp³-hybridized carbons (Fsp3) is 0.409. The third-order valence-corrected chi connectivity index (χ3v) is 7.14. The summed E-state index contributed by atoms with van der Waals surface area (Å²) < 4.78 is 37.7. The zero-order valence-electron chi connectivity index (χ0n) is 18.5. The van der Waals surface area contributed by atoms with Crippen molar-refractivity contribution in [1.29, 1.82) is 0 Å². The molecule has 7 nitrogen and oxygen atoms in total. The van der Waals surface area contributed by atoms with E-state index in [1.165, 1.54) is 18.8 Å². The Morgan fingerprint density at radius 3 is 2.26 bits per heavy atom. The minimum atomic E-state index is -3.76. The molecule has 0 aliphatic carbocycles. The van der Waals surface area contributed by atoms with Gasteiger partial charge in [-0.25, -0.2) is 8.42 Å². The number of likely N-dealkylation sites (N-methyl/N-ethyl adjacent to an activating group) is 1. The molecular weight excluding hydrogens is 436 g/mol. The van der Waals surface area contributed by atoms with Gasteiger partial charge in [-0.05, 0) is 69.0 Å². The predicted octanol–water partition coefficient (Wildman–Crippen LogP) is 3.70. The standard InChI is InChI=1S/C22H30N2O5S2/c1-6-28-20-13-8-17(14-21(20)29-7-2)16(3)23-22(25)15-24(4)31(26,27)19-11-9-18(30-5)10-12-19/h8-14,16H,6-7,15H2,1-5H3,(H,23,25). The maximum Gasteiger partial charge on any atom is 0.243 e. The van der Waals surface area contributed by atoms with E-state index in [4.69, 9.17) is 9.47 Å². The van der Waals surface area contributed by atoms with E-state index >= 15 is 0 Å². The molecule has 1 amide bonds. The first-order chi connectivity index (χ1) is 14.7. The van der Waals surface area contributed by atoms with Crippen LogP contribution in [0.15, 0.2) is 52.3 Å². The summed E-state index contributed by atoms with van der Waals surface area (Å²) in [5.74, 6) is 0.854. The van der Waals surface area contributed by atoms with Gasteiger partial charge in [0.1, 0.15) is 0 Å². The minimum absolute atomic E-state index is 0.154. The molecule has 0 bridgehead atoms. The van der Waals surface area contributed by atoms with Crippen LogP contribution >= 0.6 is 11.8 Å². The maximum absolute atomic E-state index is 12.7. The van der Waals surface area contributed by atoms with E-state index in [2.05, 4.69) is 5.32 Å². The monoisotopic (exact) mass is 466 g/mol. The first kappa shape index (κ1) is 25.0. The molecule has 31 heavy (non-hydrogen) atoms. The van der Waals surface area contributed by atoms with Crippen LogP contribution in [0.2, 0.25) is 0 Å². The molecule has 2 aromatic rings. The van der Waals surface area contributed by atoms with E-state index in [-0.39, 0.29) is 17.5 Å². The summed E-state index contributed by atoms with van der Waals surface area (Å²) in [5, 5.41) is 2.84. The highest BCUT2D eigenvalue weighted by molar-refractivity contribution is 7.98. The van der Waals surface area contributed by atoms with Crippen LogP contribution in [0.25, 0.3) is 0 Å². The lowest BCUT2D eigenvalue weighted by atomic mass is 10.1. The minimum Gasteiger partial charge on any atom is -0.490 e. The molecule has 0 aliphatic heterocycles. The molecule has 0 aliphatic rings. The molecule has 1 unspecified atom stereocenters. The van der Waals surface area contributed by atoms with Crippen molar-refractivity contribution < 1.29 is 22.7 Å². The third-order valence-electron chi connectivity index (χ3n) is 4.58. The molecule has 2 aromatic carbocycles. The van der Waals surface area contributed by atoms with Crippen LogP contribution in [0.4, 0.5) is 0 Å². The molecule has 170 valence electrons. The second-order valence-electron chi connectivity index (χ2n) is 6.80. The topological polar surface area (TPSA) is 84.9 Å². The summed E-state index contributed by atoms with van der Waals surface area (Å²) >= 11 is 1.53. The van der Waals surface area contributed by atoms with Crippen LogP contribution in [-0.4, -0.2) is 51.7 Å². The van der Waals surface area contributed by atoms with Gasteiger partial charge in [0.2, 0.25) is 15.9 Å². The number of hydrogen-bond donors (Lipinski definition) is 1. The zero-order valence-corrected chi connectivity index (χ0v) is 20.2. The largest absolute Gasteiger partial charge is 0.490 e. The smallest absolute Gasteiger partial charge is 0.243 e. The number of rotatable bonds is 11. The van der Waals surface area contributed by atoms with Gasteiger partial charge < -0.3 is 14.8 Å². The van der Waals surface area contributed by atoms with Gasteiger partial charge in [-0.15, -0.1) is 11.8 Å². The highest BCUT2D eigenvalue weighted by atomic mass is 32.2. The highest BCUT2D eigenvalue weighted by Crippen LogP contribution is 2.30. The van der Waals surface area contributed by atoms with Crippen molar-refractivity contribution in [2.75, 3.05) is 33.1 Å². The van der Waals surface area contributed by atoms with Crippen molar-refractivity contribution in [1.82, 2.24) is 9.62 Å². The lowest BCUT2D eigenvalue weighted by molar-refractivity contribution is -0.121. The molecule has 0 spiro atoms. The summed E-state index contributed by atoms with van der Waals surface area (Å²) in [7, 11) is -2.36. The maximum atomic E-state index is 12.7. The normalized spacial score (nSPS) is 12.5. The Kier molecular flexibility index (Phi) is 9.21. The number of hydrogen-bond acceptors (Lipinski definition) is 6. The average Bonchev–Trinajstić information content (AvgIpc) is 2.75. The van der Waals surface area contributed by atoms with Crippen molar-refractivity contribution in [2.45, 2.75) is 36.6 Å². The molecule has 0 heterocycles. The van der Waals surface area contributed by atoms with Crippen LogP contribution in [-0.2, 0) is 14.8 Å². The van der Waals surface area contributed by atoms with Crippen molar-refractivity contribution in [3.63, 3.8) is 0 Å². The average molecular weight is 467 g/mol. The third kappa shape index (κ3) is 6.62. The first-order valence-corrected chi connectivity index (χ1v) is 12.7. The number of benzene rings is 2. The highest BCUT2D eigenvalue weighted by Gasteiger charge is 2.24. The summed E-state index contributed by atoms with van der Waals surface area (Å²) in [6.45, 7) is 6.34. The molecule has 2 rings (SSSR count). The lowest BCUT2D eigenvalue weighted by Gasteiger charge is -2.20. The van der Waals surface area contributed by atoms with E-state index in [1.807, 2.05) is 39.2 Å². The van der Waals surface area contributed by atoms with Gasteiger partial charge in [-0.2, -0.15) is 4.31 Å². The van der Waals surface area contributed by atoms with Crippen molar-refractivity contribution >= 4 is 27.7 Å². The molecule has 1 atom stereocenters. The van der Waals surface area contributed by atoms with E-state index in [0.717, 1.165) is 14.8 Å². The molecule has 9 heteroatoms.